The zero-order valence-electron chi connectivity index (χ0n) is 27.7. The molecule has 1 aliphatic heterocycles. The minimum atomic E-state index is -0.805. The van der Waals surface area contributed by atoms with E-state index in [0.29, 0.717) is 32.3 Å². The van der Waals surface area contributed by atoms with Gasteiger partial charge >= 0.3 is 0 Å². The molecule has 4 aromatic carbocycles. The smallest absolute Gasteiger partial charge is 0.224 e. The molecule has 1 N–H and O–H groups in total. The Morgan fingerprint density at radius 2 is 1.12 bits per heavy atom. The molecule has 1 amide bonds. The van der Waals surface area contributed by atoms with Gasteiger partial charge in [0.15, 0.2) is 6.29 Å². The van der Waals surface area contributed by atoms with E-state index in [1.54, 1.807) is 0 Å². The van der Waals surface area contributed by atoms with Crippen molar-refractivity contribution in [2.75, 3.05) is 6.61 Å². The molecular formula is C42H45NO6. The fourth-order valence-corrected chi connectivity index (χ4v) is 7.24. The fourth-order valence-electron chi connectivity index (χ4n) is 7.24. The minimum absolute atomic E-state index is 0.00709. The molecule has 8 atom stereocenters. The van der Waals surface area contributed by atoms with Gasteiger partial charge in [0.25, 0.3) is 0 Å². The lowest BCUT2D eigenvalue weighted by Crippen LogP contribution is -2.66. The molecule has 3 aliphatic rings. The summed E-state index contributed by atoms with van der Waals surface area (Å²) in [6.45, 7) is 1.68. The standard InChI is InChI=1S/C42H45NO6/c44-41(36-24-34-21-22-35(36)23-34)43-38-40(47-27-32-17-9-3-10-18-32)39(46-26-31-15-7-2-8-16-31)37(29-45-25-30-13-5-1-6-14-30)49-42(38)48-28-33-19-11-4-12-20-33/h1-22,34-40,42H,23-29H2,(H,43,44)/t34-,35+,36+,37-,38-,39-,40-,42?/m1/s1. The maximum atomic E-state index is 14.1. The Kier molecular flexibility index (Phi) is 11.3. The van der Waals surface area contributed by atoms with Crippen LogP contribution in [0.15, 0.2) is 133 Å². The van der Waals surface area contributed by atoms with Gasteiger partial charge in [-0.15, -0.1) is 0 Å². The molecule has 2 fully saturated rings. The van der Waals surface area contributed by atoms with Crippen LogP contribution in [0.4, 0.5) is 0 Å². The zero-order valence-corrected chi connectivity index (χ0v) is 27.7. The Hall–Kier alpha value is -4.11. The van der Waals surface area contributed by atoms with E-state index in [1.807, 2.05) is 121 Å². The SMILES string of the molecule is O=C(N[C@H]1C(OCc2ccccc2)O[C@H](COCc2ccccc2)[C@@H](OCc2ccccc2)[C@@H]1OCc1ccccc1)[C@H]1C[C@@H]2C=C[C@H]1C2. The van der Waals surface area contributed by atoms with Crippen molar-refractivity contribution in [1.29, 1.82) is 0 Å². The summed E-state index contributed by atoms with van der Waals surface area (Å²) in [4.78, 5) is 14.1. The van der Waals surface area contributed by atoms with Gasteiger partial charge < -0.3 is 29.0 Å². The third-order valence-electron chi connectivity index (χ3n) is 9.79. The second kappa shape index (κ2) is 16.5. The van der Waals surface area contributed by atoms with Crippen LogP contribution in [-0.2, 0) is 54.9 Å². The third-order valence-corrected chi connectivity index (χ3v) is 9.79. The number of benzene rings is 4. The van der Waals surface area contributed by atoms with Crippen LogP contribution in [0.2, 0.25) is 0 Å². The van der Waals surface area contributed by atoms with Crippen LogP contribution in [-0.4, -0.2) is 43.2 Å². The Balaban J connectivity index is 1.19. The molecule has 49 heavy (non-hydrogen) atoms. The lowest BCUT2D eigenvalue weighted by molar-refractivity contribution is -0.293. The van der Waals surface area contributed by atoms with Crippen molar-refractivity contribution in [3.63, 3.8) is 0 Å². The summed E-state index contributed by atoms with van der Waals surface area (Å²) in [6.07, 6.45) is 3.84. The number of allylic oxidation sites excluding steroid dienone is 2. The first-order valence-corrected chi connectivity index (χ1v) is 17.4. The number of hydrogen-bond acceptors (Lipinski definition) is 6. The quantitative estimate of drug-likeness (QED) is 0.138. The third kappa shape index (κ3) is 8.74. The van der Waals surface area contributed by atoms with Crippen LogP contribution < -0.4 is 5.32 Å². The van der Waals surface area contributed by atoms with Crippen LogP contribution in [0.3, 0.4) is 0 Å². The number of ether oxygens (including phenoxy) is 5. The summed E-state index contributed by atoms with van der Waals surface area (Å²) in [7, 11) is 0. The first-order chi connectivity index (χ1) is 24.2. The Morgan fingerprint density at radius 1 is 0.612 bits per heavy atom. The largest absolute Gasteiger partial charge is 0.374 e. The first-order valence-electron chi connectivity index (χ1n) is 17.4. The van der Waals surface area contributed by atoms with Crippen LogP contribution in [0.1, 0.15) is 35.1 Å². The van der Waals surface area contributed by atoms with E-state index in [0.717, 1.165) is 35.1 Å². The average Bonchev–Trinajstić information content (AvgIpc) is 3.80. The molecule has 4 aromatic rings. The maximum Gasteiger partial charge on any atom is 0.224 e. The van der Waals surface area contributed by atoms with Crippen molar-refractivity contribution in [2.24, 2.45) is 17.8 Å². The van der Waals surface area contributed by atoms with Crippen molar-refractivity contribution in [3.8, 4) is 0 Å². The van der Waals surface area contributed by atoms with E-state index in [2.05, 4.69) is 17.5 Å². The van der Waals surface area contributed by atoms with Gasteiger partial charge in [0.05, 0.1) is 33.0 Å². The molecule has 1 unspecified atom stereocenters. The molecule has 0 aromatic heterocycles. The summed E-state index contributed by atoms with van der Waals surface area (Å²) >= 11 is 0. The second-order valence-corrected chi connectivity index (χ2v) is 13.3. The van der Waals surface area contributed by atoms with Crippen molar-refractivity contribution < 1.29 is 28.5 Å². The van der Waals surface area contributed by atoms with Gasteiger partial charge in [-0.1, -0.05) is 133 Å². The highest BCUT2D eigenvalue weighted by atomic mass is 16.7. The topological polar surface area (TPSA) is 75.3 Å². The number of fused-ring (bicyclic) bond motifs is 2. The highest BCUT2D eigenvalue weighted by molar-refractivity contribution is 5.80. The summed E-state index contributed by atoms with van der Waals surface area (Å²) in [5, 5.41) is 3.38. The van der Waals surface area contributed by atoms with E-state index < -0.39 is 30.6 Å². The fraction of sp³-hybridized carbons (Fsp3) is 0.357. The van der Waals surface area contributed by atoms with E-state index in [1.165, 1.54) is 0 Å². The van der Waals surface area contributed by atoms with Crippen LogP contribution in [0.25, 0.3) is 0 Å². The molecular weight excluding hydrogens is 614 g/mol. The molecule has 1 heterocycles. The molecule has 0 spiro atoms. The molecule has 2 bridgehead atoms. The van der Waals surface area contributed by atoms with Crippen LogP contribution in [0, 0.1) is 17.8 Å². The number of hydrogen-bond donors (Lipinski definition) is 1. The molecule has 7 rings (SSSR count). The van der Waals surface area contributed by atoms with Crippen LogP contribution >= 0.6 is 0 Å². The van der Waals surface area contributed by atoms with E-state index >= 15 is 0 Å². The second-order valence-electron chi connectivity index (χ2n) is 13.3. The minimum Gasteiger partial charge on any atom is -0.374 e. The number of carbonyl (C=O) groups is 1. The van der Waals surface area contributed by atoms with E-state index in [-0.39, 0.29) is 24.3 Å². The molecule has 0 radical (unpaired) electrons. The molecule has 7 nitrogen and oxygen atoms in total. The Bertz CT molecular complexity index is 1620. The normalized spacial score (nSPS) is 27.3. The predicted molar refractivity (Wildman–Crippen MR) is 187 cm³/mol. The summed E-state index contributed by atoms with van der Waals surface area (Å²) in [5.74, 6) is 0.640. The highest BCUT2D eigenvalue weighted by Crippen LogP contribution is 2.43. The lowest BCUT2D eigenvalue weighted by atomic mass is 9.91. The zero-order chi connectivity index (χ0) is 33.3. The Labute approximate surface area is 289 Å². The van der Waals surface area contributed by atoms with Gasteiger partial charge in [0, 0.05) is 5.92 Å². The molecule has 1 saturated carbocycles. The Morgan fingerprint density at radius 3 is 1.63 bits per heavy atom. The molecule has 1 saturated heterocycles. The van der Waals surface area contributed by atoms with E-state index in [9.17, 15) is 4.79 Å². The van der Waals surface area contributed by atoms with Crippen molar-refractivity contribution in [1.82, 2.24) is 5.32 Å². The maximum absolute atomic E-state index is 14.1. The molecule has 7 heteroatoms. The van der Waals surface area contributed by atoms with Crippen molar-refractivity contribution >= 4 is 5.91 Å². The predicted octanol–water partition coefficient (Wildman–Crippen LogP) is 7.01. The molecule has 254 valence electrons. The summed E-state index contributed by atoms with van der Waals surface area (Å²) in [6, 6.07) is 39.6. The van der Waals surface area contributed by atoms with Crippen LogP contribution in [0.5, 0.6) is 0 Å². The summed E-state index contributed by atoms with van der Waals surface area (Å²) < 4.78 is 33.2. The highest BCUT2D eigenvalue weighted by Gasteiger charge is 2.50. The van der Waals surface area contributed by atoms with Gasteiger partial charge in [-0.25, -0.2) is 0 Å². The first kappa shape index (κ1) is 33.4. The van der Waals surface area contributed by atoms with E-state index in [4.69, 9.17) is 23.7 Å². The van der Waals surface area contributed by atoms with Gasteiger partial charge in [0.2, 0.25) is 5.91 Å². The van der Waals surface area contributed by atoms with Crippen molar-refractivity contribution in [2.45, 2.75) is 69.9 Å². The van der Waals surface area contributed by atoms with Gasteiger partial charge in [-0.2, -0.15) is 0 Å². The monoisotopic (exact) mass is 659 g/mol. The number of rotatable bonds is 15. The number of amides is 1. The average molecular weight is 660 g/mol. The lowest BCUT2D eigenvalue weighted by Gasteiger charge is -2.46. The summed E-state index contributed by atoms with van der Waals surface area (Å²) in [5.41, 5.74) is 4.14. The van der Waals surface area contributed by atoms with Crippen molar-refractivity contribution in [3.05, 3.63) is 156 Å². The number of nitrogens with one attached hydrogen (secondary N) is 1. The molecule has 2 aliphatic carbocycles. The number of carbonyl (C=O) groups excluding carboxylic acids is 1. The van der Waals surface area contributed by atoms with Gasteiger partial charge in [0.1, 0.15) is 24.4 Å². The van der Waals surface area contributed by atoms with Gasteiger partial charge in [-0.05, 0) is 46.9 Å². The van der Waals surface area contributed by atoms with Gasteiger partial charge in [-0.3, -0.25) is 4.79 Å².